The molecule has 0 aliphatic carbocycles. The molecule has 5 nitrogen and oxygen atoms in total. The van der Waals surface area contributed by atoms with E-state index in [2.05, 4.69) is 10.3 Å². The molecule has 0 fully saturated rings. The molecule has 0 amide bonds. The van der Waals surface area contributed by atoms with Crippen LogP contribution in [-0.4, -0.2) is 19.2 Å². The normalized spacial score (nSPS) is 11.8. The Hall–Kier alpha value is -2.34. The number of oxazole rings is 1. The SMILES string of the molecule is CCS(=O)(=O)c1ccc2oc(Nc3cccc(C)c3C)nc2c1. The molecule has 0 atom stereocenters. The maximum absolute atomic E-state index is 12.0. The van der Waals surface area contributed by atoms with Gasteiger partial charge in [0.1, 0.15) is 5.52 Å². The maximum Gasteiger partial charge on any atom is 0.300 e. The average Bonchev–Trinajstić information content (AvgIpc) is 2.93. The highest BCUT2D eigenvalue weighted by atomic mass is 32.2. The van der Waals surface area contributed by atoms with E-state index in [1.54, 1.807) is 25.1 Å². The standard InChI is InChI=1S/C17H18N2O3S/c1-4-23(20,21)13-8-9-16-15(10-13)19-17(22-16)18-14-7-5-6-11(2)12(14)3/h5-10H,4H2,1-3H3,(H,18,19). The van der Waals surface area contributed by atoms with Crippen LogP contribution in [0.4, 0.5) is 11.7 Å². The number of hydrogen-bond acceptors (Lipinski definition) is 5. The predicted octanol–water partition coefficient (Wildman–Crippen LogP) is 3.98. The quantitative estimate of drug-likeness (QED) is 0.783. The molecular formula is C17H18N2O3S. The Morgan fingerprint density at radius 2 is 1.96 bits per heavy atom. The van der Waals surface area contributed by atoms with E-state index in [1.165, 1.54) is 5.56 Å². The molecule has 120 valence electrons. The van der Waals surface area contributed by atoms with Crippen LogP contribution in [0.2, 0.25) is 0 Å². The number of rotatable bonds is 4. The molecule has 0 aliphatic rings. The fourth-order valence-corrected chi connectivity index (χ4v) is 3.22. The van der Waals surface area contributed by atoms with Crippen LogP contribution in [0.25, 0.3) is 11.1 Å². The van der Waals surface area contributed by atoms with Gasteiger partial charge in [-0.1, -0.05) is 19.1 Å². The van der Waals surface area contributed by atoms with Crippen molar-refractivity contribution in [2.75, 3.05) is 11.1 Å². The summed E-state index contributed by atoms with van der Waals surface area (Å²) in [7, 11) is -3.25. The van der Waals surface area contributed by atoms with Crippen LogP contribution in [0.5, 0.6) is 0 Å². The van der Waals surface area contributed by atoms with E-state index in [-0.39, 0.29) is 10.6 Å². The van der Waals surface area contributed by atoms with Gasteiger partial charge in [-0.3, -0.25) is 0 Å². The van der Waals surface area contributed by atoms with Crippen LogP contribution in [0.1, 0.15) is 18.1 Å². The van der Waals surface area contributed by atoms with E-state index in [0.717, 1.165) is 11.3 Å². The number of benzene rings is 2. The number of nitrogens with one attached hydrogen (secondary N) is 1. The summed E-state index contributed by atoms with van der Waals surface area (Å²) in [6, 6.07) is 11.0. The Bertz CT molecular complexity index is 975. The first-order valence-corrected chi connectivity index (χ1v) is 9.02. The smallest absolute Gasteiger partial charge is 0.300 e. The second-order valence-electron chi connectivity index (χ2n) is 5.42. The Morgan fingerprint density at radius 3 is 2.70 bits per heavy atom. The lowest BCUT2D eigenvalue weighted by molar-refractivity contribution is 0.597. The van der Waals surface area contributed by atoms with Crippen LogP contribution >= 0.6 is 0 Å². The molecule has 0 unspecified atom stereocenters. The zero-order valence-electron chi connectivity index (χ0n) is 13.3. The predicted molar refractivity (Wildman–Crippen MR) is 90.9 cm³/mol. The van der Waals surface area contributed by atoms with E-state index in [9.17, 15) is 8.42 Å². The first kappa shape index (κ1) is 15.6. The van der Waals surface area contributed by atoms with Gasteiger partial charge >= 0.3 is 0 Å². The summed E-state index contributed by atoms with van der Waals surface area (Å²) in [6.45, 7) is 5.68. The summed E-state index contributed by atoms with van der Waals surface area (Å²) in [4.78, 5) is 4.61. The number of sulfone groups is 1. The first-order chi connectivity index (χ1) is 10.9. The van der Waals surface area contributed by atoms with Gasteiger partial charge < -0.3 is 9.73 Å². The van der Waals surface area contributed by atoms with Gasteiger partial charge in [-0.25, -0.2) is 8.42 Å². The fourth-order valence-electron chi connectivity index (χ4n) is 2.32. The molecule has 0 bridgehead atoms. The van der Waals surface area contributed by atoms with Gasteiger partial charge in [0, 0.05) is 5.69 Å². The highest BCUT2D eigenvalue weighted by molar-refractivity contribution is 7.91. The molecule has 1 N–H and O–H groups in total. The summed E-state index contributed by atoms with van der Waals surface area (Å²) in [6.07, 6.45) is 0. The molecule has 1 aromatic heterocycles. The zero-order chi connectivity index (χ0) is 16.6. The highest BCUT2D eigenvalue weighted by Gasteiger charge is 2.15. The Kier molecular flexibility index (Phi) is 3.85. The van der Waals surface area contributed by atoms with Crippen molar-refractivity contribution in [3.05, 3.63) is 47.5 Å². The van der Waals surface area contributed by atoms with Gasteiger partial charge in [-0.05, 0) is 49.2 Å². The molecule has 23 heavy (non-hydrogen) atoms. The second kappa shape index (κ2) is 5.70. The lowest BCUT2D eigenvalue weighted by Crippen LogP contribution is -2.03. The average molecular weight is 330 g/mol. The Morgan fingerprint density at radius 1 is 1.17 bits per heavy atom. The van der Waals surface area contributed by atoms with Crippen molar-refractivity contribution in [1.29, 1.82) is 0 Å². The third-order valence-electron chi connectivity index (χ3n) is 3.94. The number of fused-ring (bicyclic) bond motifs is 1. The molecular weight excluding hydrogens is 312 g/mol. The minimum atomic E-state index is -3.25. The summed E-state index contributed by atoms with van der Waals surface area (Å²) < 4.78 is 29.6. The van der Waals surface area contributed by atoms with Crippen molar-refractivity contribution in [1.82, 2.24) is 4.98 Å². The Labute approximate surface area is 135 Å². The van der Waals surface area contributed by atoms with Crippen LogP contribution < -0.4 is 5.32 Å². The van der Waals surface area contributed by atoms with E-state index in [4.69, 9.17) is 4.42 Å². The van der Waals surface area contributed by atoms with E-state index in [0.29, 0.717) is 17.1 Å². The summed E-state index contributed by atoms with van der Waals surface area (Å²) in [5.41, 5.74) is 4.27. The zero-order valence-corrected chi connectivity index (χ0v) is 14.1. The number of hydrogen-bond donors (Lipinski definition) is 1. The van der Waals surface area contributed by atoms with Crippen molar-refractivity contribution in [3.63, 3.8) is 0 Å². The first-order valence-electron chi connectivity index (χ1n) is 7.37. The summed E-state index contributed by atoms with van der Waals surface area (Å²) in [5, 5.41) is 3.15. The topological polar surface area (TPSA) is 72.2 Å². The van der Waals surface area contributed by atoms with Crippen molar-refractivity contribution >= 4 is 32.6 Å². The molecule has 0 spiro atoms. The van der Waals surface area contributed by atoms with E-state index in [1.807, 2.05) is 32.0 Å². The van der Waals surface area contributed by atoms with Crippen LogP contribution in [-0.2, 0) is 9.84 Å². The molecule has 0 radical (unpaired) electrons. The van der Waals surface area contributed by atoms with E-state index >= 15 is 0 Å². The van der Waals surface area contributed by atoms with Crippen molar-refractivity contribution in [2.24, 2.45) is 0 Å². The van der Waals surface area contributed by atoms with E-state index < -0.39 is 9.84 Å². The summed E-state index contributed by atoms with van der Waals surface area (Å²) in [5.74, 6) is 0.0595. The highest BCUT2D eigenvalue weighted by Crippen LogP contribution is 2.27. The third kappa shape index (κ3) is 2.94. The molecule has 6 heteroatoms. The molecule has 0 saturated carbocycles. The molecule has 2 aromatic carbocycles. The molecule has 1 heterocycles. The lowest BCUT2D eigenvalue weighted by Gasteiger charge is -2.07. The van der Waals surface area contributed by atoms with Crippen LogP contribution in [0.3, 0.4) is 0 Å². The van der Waals surface area contributed by atoms with Gasteiger partial charge in [-0.2, -0.15) is 4.98 Å². The second-order valence-corrected chi connectivity index (χ2v) is 7.70. The minimum Gasteiger partial charge on any atom is -0.423 e. The van der Waals surface area contributed by atoms with Gasteiger partial charge in [0.2, 0.25) is 0 Å². The molecule has 0 aliphatic heterocycles. The fraction of sp³-hybridized carbons (Fsp3) is 0.235. The lowest BCUT2D eigenvalue weighted by atomic mass is 10.1. The monoisotopic (exact) mass is 330 g/mol. The number of nitrogens with zero attached hydrogens (tertiary/aromatic N) is 1. The third-order valence-corrected chi connectivity index (χ3v) is 5.68. The van der Waals surface area contributed by atoms with Crippen molar-refractivity contribution in [2.45, 2.75) is 25.7 Å². The molecule has 3 rings (SSSR count). The molecule has 3 aromatic rings. The van der Waals surface area contributed by atoms with Crippen molar-refractivity contribution in [3.8, 4) is 0 Å². The number of anilines is 2. The number of aromatic nitrogens is 1. The Balaban J connectivity index is 1.99. The maximum atomic E-state index is 12.0. The largest absolute Gasteiger partial charge is 0.423 e. The van der Waals surface area contributed by atoms with Crippen LogP contribution in [0.15, 0.2) is 45.7 Å². The number of aryl methyl sites for hydroxylation is 1. The van der Waals surface area contributed by atoms with Gasteiger partial charge in [-0.15, -0.1) is 0 Å². The van der Waals surface area contributed by atoms with Gasteiger partial charge in [0.15, 0.2) is 15.4 Å². The summed E-state index contributed by atoms with van der Waals surface area (Å²) >= 11 is 0. The minimum absolute atomic E-state index is 0.0595. The van der Waals surface area contributed by atoms with Gasteiger partial charge in [0.05, 0.1) is 10.6 Å². The van der Waals surface area contributed by atoms with Crippen LogP contribution in [0, 0.1) is 13.8 Å². The van der Waals surface area contributed by atoms with Crippen molar-refractivity contribution < 1.29 is 12.8 Å². The molecule has 0 saturated heterocycles. The van der Waals surface area contributed by atoms with Gasteiger partial charge in [0.25, 0.3) is 6.01 Å².